The maximum absolute atomic E-state index is 14.9. The van der Waals surface area contributed by atoms with Crippen molar-refractivity contribution in [2.24, 2.45) is 11.8 Å². The predicted molar refractivity (Wildman–Crippen MR) is 138 cm³/mol. The fourth-order valence-electron chi connectivity index (χ4n) is 7.07. The molecule has 6 nitrogen and oxygen atoms in total. The molecule has 0 bridgehead atoms. The number of benzene rings is 2. The number of carbonyl (C=O) groups excluding carboxylic acids is 1. The lowest BCUT2D eigenvalue weighted by atomic mass is 9.72. The summed E-state index contributed by atoms with van der Waals surface area (Å²) in [5, 5.41) is 6.97. The van der Waals surface area contributed by atoms with Crippen LogP contribution in [-0.2, 0) is 44.4 Å². The van der Waals surface area contributed by atoms with Crippen molar-refractivity contribution in [2.45, 2.75) is 67.1 Å². The Hall–Kier alpha value is -3.28. The van der Waals surface area contributed by atoms with Gasteiger partial charge < -0.3 is 4.90 Å². The van der Waals surface area contributed by atoms with Crippen LogP contribution in [0.2, 0.25) is 0 Å². The molecule has 2 heterocycles. The first-order chi connectivity index (χ1) is 19.3. The molecule has 0 spiro atoms. The van der Waals surface area contributed by atoms with Crippen molar-refractivity contribution in [3.8, 4) is 0 Å². The molecule has 2 aromatic carbocycles. The standard InChI is InChI=1S/C29H28F5N3O3S/c1-27(31,29(32,33)34)19-3-9-23-17(14-19)2-8-24-22(26(38)37-13-11-25-18(16-37)15-35-36-25)10-12-28(23,24)41(39,40)21-6-4-20(30)5-7-21/h3-7,9,14-15,22,24H,2,8,10-13,16H2,1H3,(H,35,36)/t22-,24+,27?,28-/m1/s1. The van der Waals surface area contributed by atoms with Crippen LogP contribution < -0.4 is 0 Å². The van der Waals surface area contributed by atoms with Gasteiger partial charge in [-0.05, 0) is 79.5 Å². The molecule has 2 aliphatic carbocycles. The number of amides is 1. The lowest BCUT2D eigenvalue weighted by Gasteiger charge is -2.43. The molecule has 1 aromatic heterocycles. The Morgan fingerprint density at radius 3 is 2.49 bits per heavy atom. The number of hydrogen-bond donors (Lipinski definition) is 1. The maximum atomic E-state index is 14.9. The van der Waals surface area contributed by atoms with E-state index in [9.17, 15) is 35.2 Å². The Bertz CT molecular complexity index is 1620. The number of H-pyrrole nitrogens is 1. The van der Waals surface area contributed by atoms with Crippen molar-refractivity contribution in [2.75, 3.05) is 6.54 Å². The molecule has 0 radical (unpaired) electrons. The molecule has 1 fully saturated rings. The lowest BCUT2D eigenvalue weighted by molar-refractivity contribution is -0.228. The molecular formula is C29H28F5N3O3S. The summed E-state index contributed by atoms with van der Waals surface area (Å²) < 4.78 is 96.5. The Kier molecular flexibility index (Phi) is 6.37. The molecule has 1 N–H and O–H groups in total. The van der Waals surface area contributed by atoms with E-state index in [1.807, 2.05) is 0 Å². The largest absolute Gasteiger partial charge is 0.426 e. The van der Waals surface area contributed by atoms with Gasteiger partial charge in [-0.25, -0.2) is 17.2 Å². The number of hydrogen-bond acceptors (Lipinski definition) is 4. The van der Waals surface area contributed by atoms with Crippen molar-refractivity contribution >= 4 is 15.7 Å². The highest BCUT2D eigenvalue weighted by molar-refractivity contribution is 7.92. The van der Waals surface area contributed by atoms with Gasteiger partial charge in [0.25, 0.3) is 0 Å². The van der Waals surface area contributed by atoms with Gasteiger partial charge >= 0.3 is 6.18 Å². The first-order valence-corrected chi connectivity index (χ1v) is 15.0. The summed E-state index contributed by atoms with van der Waals surface area (Å²) in [6, 6.07) is 7.81. The van der Waals surface area contributed by atoms with Crippen LogP contribution >= 0.6 is 0 Å². The van der Waals surface area contributed by atoms with Gasteiger partial charge in [-0.2, -0.15) is 18.3 Å². The van der Waals surface area contributed by atoms with Gasteiger partial charge in [0.1, 0.15) is 10.6 Å². The molecule has 12 heteroatoms. The van der Waals surface area contributed by atoms with E-state index in [0.29, 0.717) is 32.0 Å². The van der Waals surface area contributed by atoms with Crippen LogP contribution in [0.15, 0.2) is 53.6 Å². The van der Waals surface area contributed by atoms with Gasteiger partial charge in [-0.3, -0.25) is 9.89 Å². The molecule has 1 saturated carbocycles. The highest BCUT2D eigenvalue weighted by Gasteiger charge is 2.62. The fraction of sp³-hybridized carbons (Fsp3) is 0.448. The number of nitrogens with zero attached hydrogens (tertiary/aromatic N) is 2. The SMILES string of the molecule is CC(F)(c1ccc2c(c1)CC[C@H]1[C@H](C(=O)N3CCc4[nH]ncc4C3)CC[C@@]21S(=O)(=O)c1ccc(F)cc1)C(F)(F)F. The summed E-state index contributed by atoms with van der Waals surface area (Å²) in [6.45, 7) is 1.24. The van der Waals surface area contributed by atoms with Gasteiger partial charge in [-0.15, -0.1) is 0 Å². The minimum atomic E-state index is -5.16. The highest BCUT2D eigenvalue weighted by Crippen LogP contribution is 2.60. The second-order valence-corrected chi connectivity index (χ2v) is 13.6. The second kappa shape index (κ2) is 9.37. The van der Waals surface area contributed by atoms with E-state index >= 15 is 0 Å². The number of nitrogens with one attached hydrogen (secondary N) is 1. The Morgan fingerprint density at radius 2 is 1.78 bits per heavy atom. The maximum Gasteiger partial charge on any atom is 0.426 e. The van der Waals surface area contributed by atoms with Crippen LogP contribution in [0.4, 0.5) is 22.0 Å². The summed E-state index contributed by atoms with van der Waals surface area (Å²) in [7, 11) is -4.27. The van der Waals surface area contributed by atoms with Gasteiger partial charge in [-0.1, -0.05) is 18.2 Å². The molecular weight excluding hydrogens is 565 g/mol. The molecule has 6 rings (SSSR count). The summed E-state index contributed by atoms with van der Waals surface area (Å²) >= 11 is 0. The van der Waals surface area contributed by atoms with Crippen LogP contribution in [0.3, 0.4) is 0 Å². The zero-order valence-electron chi connectivity index (χ0n) is 22.1. The molecule has 1 aliphatic heterocycles. The third kappa shape index (κ3) is 4.11. The molecule has 41 heavy (non-hydrogen) atoms. The van der Waals surface area contributed by atoms with E-state index in [4.69, 9.17) is 0 Å². The normalized spacial score (nSPS) is 25.7. The Labute approximate surface area is 233 Å². The van der Waals surface area contributed by atoms with Crippen LogP contribution in [0.25, 0.3) is 0 Å². The number of halogens is 5. The third-order valence-corrected chi connectivity index (χ3v) is 11.9. The van der Waals surface area contributed by atoms with Crippen molar-refractivity contribution in [1.29, 1.82) is 0 Å². The zero-order valence-corrected chi connectivity index (χ0v) is 23.0. The van der Waals surface area contributed by atoms with Crippen LogP contribution in [0.1, 0.15) is 54.1 Å². The van der Waals surface area contributed by atoms with Crippen molar-refractivity contribution in [1.82, 2.24) is 15.1 Å². The zero-order chi connectivity index (χ0) is 29.4. The average molecular weight is 594 g/mol. The van der Waals surface area contributed by atoms with Crippen molar-refractivity contribution in [3.05, 3.63) is 82.4 Å². The molecule has 1 amide bonds. The summed E-state index contributed by atoms with van der Waals surface area (Å²) in [5.74, 6) is -2.11. The number of aromatic nitrogens is 2. The molecule has 218 valence electrons. The van der Waals surface area contributed by atoms with Crippen molar-refractivity contribution < 1.29 is 35.2 Å². The Morgan fingerprint density at radius 1 is 1.05 bits per heavy atom. The van der Waals surface area contributed by atoms with E-state index < -0.39 is 49.6 Å². The monoisotopic (exact) mass is 593 g/mol. The van der Waals surface area contributed by atoms with Crippen LogP contribution in [0, 0.1) is 17.7 Å². The Balaban J connectivity index is 1.45. The number of carbonyl (C=O) groups is 1. The summed E-state index contributed by atoms with van der Waals surface area (Å²) in [5.41, 5.74) is -1.79. The average Bonchev–Trinajstić information content (AvgIpc) is 3.57. The quantitative estimate of drug-likeness (QED) is 0.319. The van der Waals surface area contributed by atoms with E-state index in [1.54, 1.807) is 11.1 Å². The first-order valence-electron chi connectivity index (χ1n) is 13.5. The molecule has 3 aliphatic rings. The van der Waals surface area contributed by atoms with Gasteiger partial charge in [0, 0.05) is 36.7 Å². The minimum absolute atomic E-state index is 0.0527. The molecule has 4 atom stereocenters. The molecule has 1 unspecified atom stereocenters. The van der Waals surface area contributed by atoms with E-state index in [2.05, 4.69) is 10.2 Å². The predicted octanol–water partition coefficient (Wildman–Crippen LogP) is 5.52. The highest BCUT2D eigenvalue weighted by atomic mass is 32.2. The number of aromatic amines is 1. The topological polar surface area (TPSA) is 83.1 Å². The number of rotatable bonds is 4. The number of fused-ring (bicyclic) bond motifs is 4. The summed E-state index contributed by atoms with van der Waals surface area (Å²) in [4.78, 5) is 15.5. The first kappa shape index (κ1) is 27.9. The van der Waals surface area contributed by atoms with E-state index in [0.717, 1.165) is 35.5 Å². The minimum Gasteiger partial charge on any atom is -0.338 e. The van der Waals surface area contributed by atoms with Gasteiger partial charge in [0.05, 0.1) is 11.1 Å². The van der Waals surface area contributed by atoms with Crippen LogP contribution in [-0.4, -0.2) is 42.1 Å². The van der Waals surface area contributed by atoms with E-state index in [1.165, 1.54) is 18.2 Å². The van der Waals surface area contributed by atoms with Gasteiger partial charge in [0.2, 0.25) is 11.6 Å². The number of alkyl halides is 4. The van der Waals surface area contributed by atoms with Crippen molar-refractivity contribution in [3.63, 3.8) is 0 Å². The van der Waals surface area contributed by atoms with Gasteiger partial charge in [0.15, 0.2) is 9.84 Å². The van der Waals surface area contributed by atoms with E-state index in [-0.39, 0.29) is 42.0 Å². The second-order valence-electron chi connectivity index (χ2n) is 11.4. The fourth-order valence-corrected chi connectivity index (χ4v) is 9.54. The summed E-state index contributed by atoms with van der Waals surface area (Å²) in [6.07, 6.45) is -2.19. The van der Waals surface area contributed by atoms with Crippen LogP contribution in [0.5, 0.6) is 0 Å². The number of aryl methyl sites for hydroxylation is 1. The molecule has 3 aromatic rings. The number of sulfone groups is 1. The smallest absolute Gasteiger partial charge is 0.338 e. The lowest BCUT2D eigenvalue weighted by Crippen LogP contribution is -2.48. The molecule has 0 saturated heterocycles. The third-order valence-electron chi connectivity index (χ3n) is 9.30.